The summed E-state index contributed by atoms with van der Waals surface area (Å²) >= 11 is 0. The number of aromatic hydroxyl groups is 1. The van der Waals surface area contributed by atoms with E-state index in [-0.39, 0.29) is 18.2 Å². The van der Waals surface area contributed by atoms with Crippen molar-refractivity contribution >= 4 is 5.91 Å². The summed E-state index contributed by atoms with van der Waals surface area (Å²) in [4.78, 5) is 13.9. The molecule has 4 heteroatoms. The van der Waals surface area contributed by atoms with Crippen LogP contribution in [0.5, 0.6) is 5.75 Å². The van der Waals surface area contributed by atoms with E-state index >= 15 is 0 Å². The summed E-state index contributed by atoms with van der Waals surface area (Å²) in [5, 5.41) is 11.7. The largest absolute Gasteiger partial charge is 0.508 e. The van der Waals surface area contributed by atoms with Crippen molar-refractivity contribution in [3.63, 3.8) is 0 Å². The molecule has 0 heterocycles. The van der Waals surface area contributed by atoms with Gasteiger partial charge in [0.1, 0.15) is 5.75 Å². The fraction of sp³-hybridized carbons (Fsp3) is 0.273. The Bertz CT molecular complexity index is 365. The summed E-state index contributed by atoms with van der Waals surface area (Å²) in [5.74, 6) is -0.0143. The van der Waals surface area contributed by atoms with Gasteiger partial charge < -0.3 is 15.3 Å². The third-order valence-corrected chi connectivity index (χ3v) is 1.89. The number of benzene rings is 1. The maximum Gasteiger partial charge on any atom is 0.300 e. The van der Waals surface area contributed by atoms with Gasteiger partial charge >= 0.3 is 0 Å². The minimum absolute atomic E-state index is 0.115. The van der Waals surface area contributed by atoms with Gasteiger partial charge in [0.15, 0.2) is 0 Å². The quantitative estimate of drug-likeness (QED) is 0.718. The van der Waals surface area contributed by atoms with Crippen LogP contribution in [0.3, 0.4) is 0 Å². The highest BCUT2D eigenvalue weighted by Gasteiger charge is 2.01. The zero-order valence-electron chi connectivity index (χ0n) is 8.23. The van der Waals surface area contributed by atoms with Crippen LogP contribution in [0.4, 0.5) is 0 Å². The first kappa shape index (κ1) is 11.1. The average molecular weight is 204 g/mol. The van der Waals surface area contributed by atoms with Crippen LogP contribution in [-0.2, 0) is 11.2 Å². The lowest BCUT2D eigenvalue weighted by atomic mass is 10.1. The molecule has 2 N–H and O–H groups in total. The molecule has 4 nitrogen and oxygen atoms in total. The summed E-state index contributed by atoms with van der Waals surface area (Å²) in [6, 6.07) is 6.82. The molecule has 0 unspecified atom stereocenters. The molecule has 0 aliphatic heterocycles. The minimum atomic E-state index is -0.247. The average Bonchev–Trinajstić information content (AvgIpc) is 2.21. The van der Waals surface area contributed by atoms with Gasteiger partial charge in [0.2, 0.25) is 0 Å². The van der Waals surface area contributed by atoms with Crippen LogP contribution in [0.25, 0.3) is 4.85 Å². The van der Waals surface area contributed by atoms with Crippen LogP contribution in [0.15, 0.2) is 24.3 Å². The molecule has 78 valence electrons. The molecule has 0 atom stereocenters. The number of carbonyl (C=O) groups is 1. The molecule has 1 aromatic rings. The SMILES string of the molecule is [C-]#[N+]CC(=O)NCCc1ccc(O)cc1. The summed E-state index contributed by atoms with van der Waals surface area (Å²) in [6.07, 6.45) is 0.698. The van der Waals surface area contributed by atoms with E-state index in [4.69, 9.17) is 11.7 Å². The summed E-state index contributed by atoms with van der Waals surface area (Å²) < 4.78 is 0. The van der Waals surface area contributed by atoms with E-state index in [1.165, 1.54) is 0 Å². The Hall–Kier alpha value is -2.02. The predicted octanol–water partition coefficient (Wildman–Crippen LogP) is 0.970. The fourth-order valence-corrected chi connectivity index (χ4v) is 1.14. The second-order valence-corrected chi connectivity index (χ2v) is 3.08. The molecule has 1 aromatic carbocycles. The van der Waals surface area contributed by atoms with Crippen molar-refractivity contribution in [2.75, 3.05) is 13.1 Å². The first-order chi connectivity index (χ1) is 7.22. The van der Waals surface area contributed by atoms with E-state index in [1.807, 2.05) is 0 Å². The summed E-state index contributed by atoms with van der Waals surface area (Å²) in [6.45, 7) is 6.89. The first-order valence-corrected chi connectivity index (χ1v) is 4.60. The molecule has 0 aliphatic rings. The Morgan fingerprint density at radius 3 is 2.67 bits per heavy atom. The van der Waals surface area contributed by atoms with Crippen molar-refractivity contribution < 1.29 is 9.90 Å². The number of phenolic OH excluding ortho intramolecular Hbond substituents is 1. The van der Waals surface area contributed by atoms with E-state index in [0.29, 0.717) is 13.0 Å². The third kappa shape index (κ3) is 4.14. The van der Waals surface area contributed by atoms with Gasteiger partial charge in [-0.15, -0.1) is 0 Å². The monoisotopic (exact) mass is 204 g/mol. The van der Waals surface area contributed by atoms with E-state index < -0.39 is 0 Å². The molecule has 1 rings (SSSR count). The van der Waals surface area contributed by atoms with E-state index in [1.54, 1.807) is 24.3 Å². The Morgan fingerprint density at radius 2 is 2.07 bits per heavy atom. The normalized spacial score (nSPS) is 9.27. The Labute approximate surface area is 88.4 Å². The lowest BCUT2D eigenvalue weighted by molar-refractivity contribution is -0.119. The smallest absolute Gasteiger partial charge is 0.300 e. The van der Waals surface area contributed by atoms with E-state index in [2.05, 4.69) is 10.2 Å². The third-order valence-electron chi connectivity index (χ3n) is 1.89. The van der Waals surface area contributed by atoms with Crippen LogP contribution in [0.2, 0.25) is 0 Å². The number of rotatable bonds is 4. The molecule has 0 radical (unpaired) electrons. The van der Waals surface area contributed by atoms with Crippen LogP contribution in [0.1, 0.15) is 5.56 Å². The first-order valence-electron chi connectivity index (χ1n) is 4.60. The maximum atomic E-state index is 10.9. The molecule has 0 aliphatic carbocycles. The molecule has 0 saturated heterocycles. The molecule has 1 amide bonds. The zero-order chi connectivity index (χ0) is 11.1. The van der Waals surface area contributed by atoms with Crippen molar-refractivity contribution in [1.29, 1.82) is 0 Å². The molecule has 0 spiro atoms. The van der Waals surface area contributed by atoms with Crippen molar-refractivity contribution in [2.45, 2.75) is 6.42 Å². The van der Waals surface area contributed by atoms with Gasteiger partial charge in [-0.3, -0.25) is 4.79 Å². The number of amides is 1. The standard InChI is InChI=1S/C11H12N2O2/c1-12-8-11(15)13-7-6-9-2-4-10(14)5-3-9/h2-5,14H,6-8H2,(H,13,15). The summed E-state index contributed by atoms with van der Waals surface area (Å²) in [7, 11) is 0. The molecule has 0 fully saturated rings. The Morgan fingerprint density at radius 1 is 1.40 bits per heavy atom. The lowest BCUT2D eigenvalue weighted by Gasteiger charge is -2.02. The topological polar surface area (TPSA) is 53.7 Å². The predicted molar refractivity (Wildman–Crippen MR) is 56.3 cm³/mol. The van der Waals surface area contributed by atoms with Gasteiger partial charge in [0.05, 0.1) is 0 Å². The van der Waals surface area contributed by atoms with Gasteiger partial charge in [-0.05, 0) is 24.1 Å². The molecule has 0 saturated carbocycles. The molecule has 0 bridgehead atoms. The van der Waals surface area contributed by atoms with Crippen molar-refractivity contribution in [1.82, 2.24) is 5.32 Å². The van der Waals surface area contributed by atoms with Crippen LogP contribution in [0, 0.1) is 6.57 Å². The maximum absolute atomic E-state index is 10.9. The number of hydrogen-bond donors (Lipinski definition) is 2. The van der Waals surface area contributed by atoms with Gasteiger partial charge in [-0.2, -0.15) is 0 Å². The Balaban J connectivity index is 2.29. The summed E-state index contributed by atoms with van der Waals surface area (Å²) in [5.41, 5.74) is 1.04. The van der Waals surface area contributed by atoms with Crippen molar-refractivity contribution in [3.8, 4) is 5.75 Å². The van der Waals surface area contributed by atoms with E-state index in [0.717, 1.165) is 5.56 Å². The number of nitrogens with zero attached hydrogens (tertiary/aromatic N) is 1. The second kappa shape index (κ2) is 5.66. The van der Waals surface area contributed by atoms with Crippen molar-refractivity contribution in [2.24, 2.45) is 0 Å². The Kier molecular flexibility index (Phi) is 4.17. The van der Waals surface area contributed by atoms with Gasteiger partial charge in [0.25, 0.3) is 12.5 Å². The van der Waals surface area contributed by atoms with Gasteiger partial charge in [0, 0.05) is 6.54 Å². The number of carbonyl (C=O) groups excluding carboxylic acids is 1. The number of hydrogen-bond acceptors (Lipinski definition) is 2. The number of phenols is 1. The molecule has 0 aromatic heterocycles. The van der Waals surface area contributed by atoms with Gasteiger partial charge in [-0.25, -0.2) is 6.57 Å². The van der Waals surface area contributed by atoms with Crippen LogP contribution < -0.4 is 5.32 Å². The second-order valence-electron chi connectivity index (χ2n) is 3.08. The molecular formula is C11H12N2O2. The fourth-order valence-electron chi connectivity index (χ4n) is 1.14. The van der Waals surface area contributed by atoms with Crippen LogP contribution >= 0.6 is 0 Å². The zero-order valence-corrected chi connectivity index (χ0v) is 8.23. The highest BCUT2D eigenvalue weighted by Crippen LogP contribution is 2.09. The molecular weight excluding hydrogens is 192 g/mol. The van der Waals surface area contributed by atoms with Gasteiger partial charge in [-0.1, -0.05) is 12.1 Å². The van der Waals surface area contributed by atoms with E-state index in [9.17, 15) is 4.79 Å². The molecule has 15 heavy (non-hydrogen) atoms. The number of nitrogens with one attached hydrogen (secondary N) is 1. The van der Waals surface area contributed by atoms with Crippen LogP contribution in [-0.4, -0.2) is 24.1 Å². The highest BCUT2D eigenvalue weighted by atomic mass is 16.3. The van der Waals surface area contributed by atoms with Crippen molar-refractivity contribution in [3.05, 3.63) is 41.2 Å². The lowest BCUT2D eigenvalue weighted by Crippen LogP contribution is -2.27. The highest BCUT2D eigenvalue weighted by molar-refractivity contribution is 5.79. The minimum Gasteiger partial charge on any atom is -0.508 e.